The van der Waals surface area contributed by atoms with Crippen molar-refractivity contribution in [3.63, 3.8) is 0 Å². The second-order valence-corrected chi connectivity index (χ2v) is 17.5. The smallest absolute Gasteiger partial charge is 0.305 e. The van der Waals surface area contributed by atoms with E-state index in [1.807, 2.05) is 60.8 Å². The number of rotatable bonds is 4. The third-order valence-corrected chi connectivity index (χ3v) is 10.5. The molecule has 8 rings (SSSR count). The minimum absolute atomic E-state index is 0. The Kier molecular flexibility index (Phi) is 11.5. The minimum Gasteiger partial charge on any atom is -0.305 e. The standard InChI is InChI=1S/C41H42N2.C11H8N.Ir/c1-38(2,3)28-16-14-15-27(23-28)35-24-30(40(7,8)9)26-37(43-35)41(36-25-29(21-22-42-36)39(4,5)6)33-19-12-10-17-31(33)32-18-11-13-20-34(32)41;1-2-6-10(7-3-1)11-8-4-5-9-12-11;/h10-14,16-19,21-26H,1-9H3;1-6,8-9H;/q-2;-1;+3/t41-;;/m0../s1. The summed E-state index contributed by atoms with van der Waals surface area (Å²) in [6, 6.07) is 54.6. The molecule has 3 nitrogen and oxygen atoms in total. The topological polar surface area (TPSA) is 38.7 Å². The van der Waals surface area contributed by atoms with E-state index in [0.29, 0.717) is 0 Å². The van der Waals surface area contributed by atoms with E-state index in [9.17, 15) is 0 Å². The summed E-state index contributed by atoms with van der Waals surface area (Å²) in [5.41, 5.74) is 13.5. The van der Waals surface area contributed by atoms with Gasteiger partial charge in [0.05, 0.1) is 11.1 Å². The van der Waals surface area contributed by atoms with Crippen LogP contribution in [0.4, 0.5) is 0 Å². The largest absolute Gasteiger partial charge is 3.00 e. The van der Waals surface area contributed by atoms with Crippen molar-refractivity contribution in [2.45, 2.75) is 84.0 Å². The first-order valence-corrected chi connectivity index (χ1v) is 19.2. The molecule has 1 atom stereocenters. The zero-order valence-corrected chi connectivity index (χ0v) is 36.3. The predicted molar refractivity (Wildman–Crippen MR) is 227 cm³/mol. The van der Waals surface area contributed by atoms with Gasteiger partial charge in [0.25, 0.3) is 0 Å². The second-order valence-electron chi connectivity index (χ2n) is 17.5. The molecule has 7 aromatic rings. The molecule has 1 aliphatic rings. The Bertz CT molecular complexity index is 2350. The van der Waals surface area contributed by atoms with E-state index in [0.717, 1.165) is 39.5 Å². The molecule has 3 aromatic heterocycles. The summed E-state index contributed by atoms with van der Waals surface area (Å²) in [6.07, 6.45) is 3.76. The molecule has 0 spiro atoms. The molecular formula is C52H50IrN3. The van der Waals surface area contributed by atoms with Gasteiger partial charge in [0.1, 0.15) is 0 Å². The van der Waals surface area contributed by atoms with Crippen LogP contribution in [0.3, 0.4) is 0 Å². The number of aromatic nitrogens is 3. The van der Waals surface area contributed by atoms with Gasteiger partial charge in [-0.05, 0) is 68.6 Å². The average molecular weight is 909 g/mol. The molecule has 0 saturated heterocycles. The molecule has 3 heterocycles. The van der Waals surface area contributed by atoms with Crippen molar-refractivity contribution >= 4 is 0 Å². The first kappa shape index (κ1) is 40.6. The SMILES string of the molecule is CC(C)(C)c1cc[c-]c(-c2cc(C(C)(C)C)cc([C@]3(c4cc(C(C)(C)C)ccn4)c4[c-]cccc4-c4ccccc43)n2)c1.[Ir+3].[c-]1ccccc1-c1ccccn1. The Balaban J connectivity index is 0.000000348. The number of hydrogen-bond donors (Lipinski definition) is 0. The first-order valence-electron chi connectivity index (χ1n) is 19.2. The van der Waals surface area contributed by atoms with E-state index >= 15 is 0 Å². The predicted octanol–water partition coefficient (Wildman–Crippen LogP) is 12.5. The van der Waals surface area contributed by atoms with Gasteiger partial charge in [-0.15, -0.1) is 82.4 Å². The van der Waals surface area contributed by atoms with E-state index in [2.05, 4.69) is 158 Å². The maximum absolute atomic E-state index is 5.57. The zero-order chi connectivity index (χ0) is 39.0. The monoisotopic (exact) mass is 909 g/mol. The number of nitrogens with zero attached hydrogens (tertiary/aromatic N) is 3. The van der Waals surface area contributed by atoms with Gasteiger partial charge in [-0.1, -0.05) is 110 Å². The fourth-order valence-corrected chi connectivity index (χ4v) is 7.37. The fraction of sp³-hybridized carbons (Fsp3) is 0.250. The van der Waals surface area contributed by atoms with Gasteiger partial charge in [-0.25, -0.2) is 0 Å². The van der Waals surface area contributed by atoms with Crippen LogP contribution in [0, 0.1) is 18.2 Å². The van der Waals surface area contributed by atoms with Gasteiger partial charge in [-0.3, -0.25) is 9.97 Å². The van der Waals surface area contributed by atoms with E-state index < -0.39 is 5.41 Å². The average Bonchev–Trinajstić information content (AvgIpc) is 3.49. The van der Waals surface area contributed by atoms with Crippen LogP contribution < -0.4 is 0 Å². The molecule has 0 bridgehead atoms. The minimum atomic E-state index is -0.730. The molecule has 0 saturated carbocycles. The molecular weight excluding hydrogens is 859 g/mol. The van der Waals surface area contributed by atoms with Crippen molar-refractivity contribution in [1.82, 2.24) is 15.0 Å². The zero-order valence-electron chi connectivity index (χ0n) is 34.0. The van der Waals surface area contributed by atoms with Gasteiger partial charge >= 0.3 is 20.1 Å². The molecule has 4 aromatic carbocycles. The number of benzene rings is 4. The maximum Gasteiger partial charge on any atom is 3.00 e. The van der Waals surface area contributed by atoms with Gasteiger partial charge in [0, 0.05) is 18.1 Å². The summed E-state index contributed by atoms with van der Waals surface area (Å²) in [4.78, 5) is 14.9. The Morgan fingerprint density at radius 2 is 1.11 bits per heavy atom. The molecule has 0 radical (unpaired) electrons. The van der Waals surface area contributed by atoms with Crippen LogP contribution >= 0.6 is 0 Å². The van der Waals surface area contributed by atoms with Crippen molar-refractivity contribution in [3.8, 4) is 33.6 Å². The van der Waals surface area contributed by atoms with Crippen molar-refractivity contribution in [2.75, 3.05) is 0 Å². The number of fused-ring (bicyclic) bond motifs is 3. The van der Waals surface area contributed by atoms with Crippen LogP contribution in [-0.2, 0) is 41.8 Å². The summed E-state index contributed by atoms with van der Waals surface area (Å²) < 4.78 is 0. The molecule has 1 aliphatic carbocycles. The summed E-state index contributed by atoms with van der Waals surface area (Å²) >= 11 is 0. The molecule has 0 N–H and O–H groups in total. The Hall–Kier alpha value is -5.02. The summed E-state index contributed by atoms with van der Waals surface area (Å²) in [7, 11) is 0. The summed E-state index contributed by atoms with van der Waals surface area (Å²) in [6.45, 7) is 20.4. The van der Waals surface area contributed by atoms with Gasteiger partial charge in [0.2, 0.25) is 0 Å². The number of hydrogen-bond acceptors (Lipinski definition) is 3. The third-order valence-electron chi connectivity index (χ3n) is 10.5. The Morgan fingerprint density at radius 1 is 0.464 bits per heavy atom. The third kappa shape index (κ3) is 7.96. The van der Waals surface area contributed by atoms with E-state index in [-0.39, 0.29) is 36.4 Å². The van der Waals surface area contributed by atoms with Crippen LogP contribution in [-0.4, -0.2) is 15.0 Å². The number of pyridine rings is 3. The van der Waals surface area contributed by atoms with Crippen LogP contribution in [0.15, 0.2) is 140 Å². The maximum atomic E-state index is 5.57. The van der Waals surface area contributed by atoms with Crippen molar-refractivity contribution in [1.29, 1.82) is 0 Å². The van der Waals surface area contributed by atoms with Crippen molar-refractivity contribution < 1.29 is 20.1 Å². The molecule has 282 valence electrons. The molecule has 4 heteroatoms. The van der Waals surface area contributed by atoms with Crippen LogP contribution in [0.2, 0.25) is 0 Å². The van der Waals surface area contributed by atoms with Crippen molar-refractivity contribution in [3.05, 3.63) is 197 Å². The molecule has 0 fully saturated rings. The quantitative estimate of drug-likeness (QED) is 0.165. The molecule has 56 heavy (non-hydrogen) atoms. The van der Waals surface area contributed by atoms with Gasteiger partial charge in [0.15, 0.2) is 0 Å². The van der Waals surface area contributed by atoms with Crippen LogP contribution in [0.1, 0.15) is 102 Å². The first-order chi connectivity index (χ1) is 26.2. The Morgan fingerprint density at radius 3 is 1.80 bits per heavy atom. The second kappa shape index (κ2) is 15.8. The molecule has 0 unspecified atom stereocenters. The molecule has 0 amide bonds. The van der Waals surface area contributed by atoms with Gasteiger partial charge in [-0.2, -0.15) is 24.3 Å². The Labute approximate surface area is 348 Å². The normalized spacial score (nSPS) is 14.8. The van der Waals surface area contributed by atoms with Gasteiger partial charge < -0.3 is 4.98 Å². The summed E-state index contributed by atoms with van der Waals surface area (Å²) in [5.74, 6) is 0. The van der Waals surface area contributed by atoms with E-state index in [4.69, 9.17) is 9.97 Å². The van der Waals surface area contributed by atoms with Crippen LogP contribution in [0.5, 0.6) is 0 Å². The van der Waals surface area contributed by atoms with E-state index in [1.165, 1.54) is 33.4 Å². The van der Waals surface area contributed by atoms with Crippen LogP contribution in [0.25, 0.3) is 33.6 Å². The van der Waals surface area contributed by atoms with Crippen molar-refractivity contribution in [2.24, 2.45) is 0 Å². The fourth-order valence-electron chi connectivity index (χ4n) is 7.37. The molecule has 0 aliphatic heterocycles. The summed E-state index contributed by atoms with van der Waals surface area (Å²) in [5, 5.41) is 0. The van der Waals surface area contributed by atoms with E-state index in [1.54, 1.807) is 6.20 Å².